The molecule has 3 aliphatic carbocycles. The van der Waals surface area contributed by atoms with Gasteiger partial charge >= 0.3 is 17.9 Å². The lowest BCUT2D eigenvalue weighted by molar-refractivity contribution is -0.286. The molecule has 3 saturated carbocycles. The molecule has 3 aliphatic rings. The lowest BCUT2D eigenvalue weighted by atomic mass is 9.39. The van der Waals surface area contributed by atoms with Crippen molar-refractivity contribution in [3.8, 4) is 0 Å². The van der Waals surface area contributed by atoms with E-state index in [1.807, 2.05) is 27.7 Å². The van der Waals surface area contributed by atoms with Gasteiger partial charge in [0.1, 0.15) is 18.3 Å². The fourth-order valence-corrected chi connectivity index (χ4v) is 8.22. The molecule has 3 fully saturated rings. The van der Waals surface area contributed by atoms with E-state index in [2.05, 4.69) is 0 Å². The Labute approximate surface area is 235 Å². The van der Waals surface area contributed by atoms with E-state index in [-0.39, 0.29) is 19.3 Å². The van der Waals surface area contributed by atoms with Crippen LogP contribution in [0.4, 0.5) is 0 Å². The first-order chi connectivity index (χ1) is 18.5. The Morgan fingerprint density at radius 2 is 1.52 bits per heavy atom. The van der Waals surface area contributed by atoms with E-state index in [1.165, 1.54) is 13.8 Å². The third-order valence-corrected chi connectivity index (χ3v) is 10.2. The molecule has 0 saturated heterocycles. The number of benzene rings is 1. The van der Waals surface area contributed by atoms with E-state index in [9.17, 15) is 29.4 Å². The molecule has 4 rings (SSSR count). The Morgan fingerprint density at radius 1 is 0.925 bits per heavy atom. The van der Waals surface area contributed by atoms with Crippen LogP contribution in [0.5, 0.6) is 0 Å². The molecule has 0 unspecified atom stereocenters. The number of ether oxygens (including phenoxy) is 3. The second-order valence-electron chi connectivity index (χ2n) is 13.1. The van der Waals surface area contributed by atoms with Crippen molar-refractivity contribution >= 4 is 23.7 Å². The number of rotatable bonds is 5. The van der Waals surface area contributed by atoms with Crippen molar-refractivity contribution in [3.05, 3.63) is 35.9 Å². The average Bonchev–Trinajstić information content (AvgIpc) is 2.87. The van der Waals surface area contributed by atoms with Gasteiger partial charge in [-0.1, -0.05) is 52.8 Å². The quantitative estimate of drug-likeness (QED) is 0.410. The molecule has 1 aromatic carbocycles. The molecule has 40 heavy (non-hydrogen) atoms. The van der Waals surface area contributed by atoms with Crippen LogP contribution in [0.3, 0.4) is 0 Å². The summed E-state index contributed by atoms with van der Waals surface area (Å²) in [7, 11) is 0. The Kier molecular flexibility index (Phi) is 7.73. The van der Waals surface area contributed by atoms with Gasteiger partial charge in [0.15, 0.2) is 11.4 Å². The van der Waals surface area contributed by atoms with Crippen LogP contribution < -0.4 is 0 Å². The third-order valence-electron chi connectivity index (χ3n) is 10.2. The van der Waals surface area contributed by atoms with Crippen molar-refractivity contribution in [2.75, 3.05) is 0 Å². The highest BCUT2D eigenvalue weighted by molar-refractivity contribution is 5.95. The molecule has 220 valence electrons. The first kappa shape index (κ1) is 30.2. The molecule has 9 atom stereocenters. The summed E-state index contributed by atoms with van der Waals surface area (Å²) in [6.07, 6.45) is -3.37. The van der Waals surface area contributed by atoms with Gasteiger partial charge in [0.2, 0.25) is 0 Å². The van der Waals surface area contributed by atoms with Gasteiger partial charge in [0, 0.05) is 25.2 Å². The van der Waals surface area contributed by atoms with Crippen LogP contribution in [-0.4, -0.2) is 63.9 Å². The highest BCUT2D eigenvalue weighted by Crippen LogP contribution is 2.67. The monoisotopic (exact) mass is 558 g/mol. The van der Waals surface area contributed by atoms with Crippen LogP contribution in [0.25, 0.3) is 0 Å². The Balaban J connectivity index is 1.92. The summed E-state index contributed by atoms with van der Waals surface area (Å²) in [5.74, 6) is -3.67. The van der Waals surface area contributed by atoms with Crippen molar-refractivity contribution < 1.29 is 43.6 Å². The maximum absolute atomic E-state index is 14.3. The van der Waals surface area contributed by atoms with Crippen molar-refractivity contribution in [2.45, 2.75) is 104 Å². The van der Waals surface area contributed by atoms with Crippen molar-refractivity contribution in [1.29, 1.82) is 0 Å². The highest BCUT2D eigenvalue weighted by atomic mass is 16.6. The van der Waals surface area contributed by atoms with E-state index in [0.717, 1.165) is 0 Å². The average molecular weight is 559 g/mol. The van der Waals surface area contributed by atoms with Gasteiger partial charge < -0.3 is 24.4 Å². The Morgan fingerprint density at radius 3 is 2.08 bits per heavy atom. The maximum atomic E-state index is 14.3. The summed E-state index contributed by atoms with van der Waals surface area (Å²) in [5.41, 5.74) is -4.75. The molecule has 0 radical (unpaired) electrons. The lowest BCUT2D eigenvalue weighted by Gasteiger charge is -2.67. The van der Waals surface area contributed by atoms with Crippen LogP contribution in [0.2, 0.25) is 0 Å². The van der Waals surface area contributed by atoms with Crippen LogP contribution in [0.15, 0.2) is 30.3 Å². The number of fused-ring (bicyclic) bond motifs is 3. The van der Waals surface area contributed by atoms with E-state index >= 15 is 0 Å². The van der Waals surface area contributed by atoms with Gasteiger partial charge in [0.05, 0.1) is 11.7 Å². The van der Waals surface area contributed by atoms with Crippen molar-refractivity contribution in [3.63, 3.8) is 0 Å². The van der Waals surface area contributed by atoms with Gasteiger partial charge in [-0.2, -0.15) is 0 Å². The zero-order valence-corrected chi connectivity index (χ0v) is 24.4. The number of esters is 3. The molecular formula is C31H42O9. The fourth-order valence-electron chi connectivity index (χ4n) is 8.22. The first-order valence-corrected chi connectivity index (χ1v) is 14.1. The Hall–Kier alpha value is -2.78. The second-order valence-corrected chi connectivity index (χ2v) is 13.1. The SMILES string of the molecule is CC[C@]1(C)C[C@@H](OC(=O)c2ccccc2)[C@@H]2[C@@]3(C)C[C@@H](OC(C)=O)[C@@H](O)C(C)(C)[C@@H]3C[C@@H](OC(C)=O)[C@@]2(O)C1=O. The van der Waals surface area contributed by atoms with Crippen LogP contribution >= 0.6 is 0 Å². The molecule has 0 aromatic heterocycles. The number of hydrogen-bond acceptors (Lipinski definition) is 9. The number of Topliss-reactive ketones (excluding diaryl/α,β-unsaturated/α-hetero) is 1. The topological polar surface area (TPSA) is 136 Å². The molecule has 9 nitrogen and oxygen atoms in total. The predicted octanol–water partition coefficient (Wildman–Crippen LogP) is 3.63. The third kappa shape index (κ3) is 4.65. The van der Waals surface area contributed by atoms with Gasteiger partial charge in [-0.15, -0.1) is 0 Å². The zero-order chi connectivity index (χ0) is 29.8. The first-order valence-electron chi connectivity index (χ1n) is 14.1. The summed E-state index contributed by atoms with van der Waals surface area (Å²) >= 11 is 0. The fraction of sp³-hybridized carbons (Fsp3) is 0.677. The minimum atomic E-state index is -2.18. The standard InChI is InChI=1S/C31H42O9/c1-8-29(6)15-20(40-26(35)19-12-10-9-11-13-19)24-30(7)16-21(38-17(2)32)25(34)28(4,5)22(30)14-23(39-18(3)33)31(24,37)27(29)36/h9-13,20-25,34,37H,8,14-16H2,1-7H3/t20-,21-,22+,23-,24-,25-,29-,30+,31+/m1/s1. The molecule has 0 aliphatic heterocycles. The number of carbonyl (C=O) groups is 4. The molecule has 0 bridgehead atoms. The molecule has 0 amide bonds. The van der Waals surface area contributed by atoms with Crippen molar-refractivity contribution in [2.24, 2.45) is 28.1 Å². The van der Waals surface area contributed by atoms with Crippen LogP contribution in [0, 0.1) is 28.1 Å². The Bertz CT molecular complexity index is 1180. The second kappa shape index (κ2) is 10.2. The van der Waals surface area contributed by atoms with Gasteiger partial charge in [-0.3, -0.25) is 14.4 Å². The number of hydrogen-bond donors (Lipinski definition) is 2. The van der Waals surface area contributed by atoms with Crippen LogP contribution in [0.1, 0.15) is 84.5 Å². The molecule has 1 aromatic rings. The van der Waals surface area contributed by atoms with Crippen LogP contribution in [-0.2, 0) is 28.6 Å². The van der Waals surface area contributed by atoms with Gasteiger partial charge in [0.25, 0.3) is 0 Å². The summed E-state index contributed by atoms with van der Waals surface area (Å²) < 4.78 is 17.5. The largest absolute Gasteiger partial charge is 0.460 e. The van der Waals surface area contributed by atoms with E-state index < -0.39 is 81.8 Å². The minimum absolute atomic E-state index is 0.102. The summed E-state index contributed by atoms with van der Waals surface area (Å²) in [6, 6.07) is 8.48. The summed E-state index contributed by atoms with van der Waals surface area (Å²) in [6.45, 7) is 11.7. The minimum Gasteiger partial charge on any atom is -0.460 e. The number of carbonyl (C=O) groups excluding carboxylic acids is 4. The highest BCUT2D eigenvalue weighted by Gasteiger charge is 2.75. The molecule has 0 spiro atoms. The maximum Gasteiger partial charge on any atom is 0.338 e. The van der Waals surface area contributed by atoms with Gasteiger partial charge in [-0.05, 0) is 54.6 Å². The van der Waals surface area contributed by atoms with E-state index in [4.69, 9.17) is 14.2 Å². The molecule has 0 heterocycles. The van der Waals surface area contributed by atoms with E-state index in [0.29, 0.717) is 12.0 Å². The number of ketones is 1. The smallest absolute Gasteiger partial charge is 0.338 e. The summed E-state index contributed by atoms with van der Waals surface area (Å²) in [4.78, 5) is 52.1. The number of aliphatic hydroxyl groups excluding tert-OH is 1. The van der Waals surface area contributed by atoms with Gasteiger partial charge in [-0.25, -0.2) is 4.79 Å². The molecule has 9 heteroatoms. The predicted molar refractivity (Wildman–Crippen MR) is 144 cm³/mol. The molecular weight excluding hydrogens is 516 g/mol. The zero-order valence-electron chi connectivity index (χ0n) is 24.4. The van der Waals surface area contributed by atoms with Crippen molar-refractivity contribution in [1.82, 2.24) is 0 Å². The normalized spacial score (nSPS) is 40.3. The molecule has 2 N–H and O–H groups in total. The summed E-state index contributed by atoms with van der Waals surface area (Å²) in [5, 5.41) is 24.0. The number of aliphatic hydroxyl groups is 2. The lowest BCUT2D eigenvalue weighted by Crippen LogP contribution is -2.77. The van der Waals surface area contributed by atoms with E-state index in [1.54, 1.807) is 37.3 Å².